The van der Waals surface area contributed by atoms with Gasteiger partial charge in [-0.1, -0.05) is 6.07 Å². The van der Waals surface area contributed by atoms with Gasteiger partial charge in [0.1, 0.15) is 11.6 Å². The van der Waals surface area contributed by atoms with E-state index < -0.39 is 28.6 Å². The van der Waals surface area contributed by atoms with Crippen LogP contribution in [0.1, 0.15) is 46.2 Å². The van der Waals surface area contributed by atoms with Crippen molar-refractivity contribution in [2.24, 2.45) is 11.1 Å². The van der Waals surface area contributed by atoms with Crippen LogP contribution < -0.4 is 11.1 Å². The largest absolute Gasteiger partial charge is 0.349 e. The number of nitrogens with one attached hydrogen (secondary N) is 1. The van der Waals surface area contributed by atoms with E-state index >= 15 is 0 Å². The van der Waals surface area contributed by atoms with Gasteiger partial charge in [-0.05, 0) is 46.8 Å². The molecule has 1 unspecified atom stereocenters. The third kappa shape index (κ3) is 3.15. The molecule has 1 aromatic carbocycles. The predicted octanol–water partition coefficient (Wildman–Crippen LogP) is 2.91. The van der Waals surface area contributed by atoms with Gasteiger partial charge in [-0.2, -0.15) is 0 Å². The Labute approximate surface area is 118 Å². The van der Waals surface area contributed by atoms with E-state index in [1.54, 1.807) is 34.6 Å². The third-order valence-corrected chi connectivity index (χ3v) is 3.96. The molecule has 3 nitrogen and oxygen atoms in total. The first-order chi connectivity index (χ1) is 8.98. The molecule has 20 heavy (non-hydrogen) atoms. The van der Waals surface area contributed by atoms with Gasteiger partial charge in [-0.3, -0.25) is 4.79 Å². The van der Waals surface area contributed by atoms with Crippen molar-refractivity contribution >= 4 is 5.91 Å². The zero-order valence-electron chi connectivity index (χ0n) is 12.6. The number of carbonyl (C=O) groups excluding carboxylic acids is 1. The molecule has 0 saturated heterocycles. The molecule has 1 aromatic rings. The second-order valence-electron chi connectivity index (χ2n) is 6.18. The summed E-state index contributed by atoms with van der Waals surface area (Å²) in [4.78, 5) is 12.3. The molecule has 0 fully saturated rings. The Hall–Kier alpha value is -1.49. The maximum Gasteiger partial charge on any atom is 0.227 e. The van der Waals surface area contributed by atoms with Crippen molar-refractivity contribution in [3.05, 3.63) is 35.4 Å². The van der Waals surface area contributed by atoms with E-state index in [9.17, 15) is 13.6 Å². The van der Waals surface area contributed by atoms with Crippen LogP contribution in [0, 0.1) is 17.0 Å². The van der Waals surface area contributed by atoms with Crippen LogP contribution in [-0.4, -0.2) is 11.4 Å². The van der Waals surface area contributed by atoms with E-state index in [1.165, 1.54) is 18.2 Å². The molecular weight excluding hydrogens is 262 g/mol. The Morgan fingerprint density at radius 3 is 2.05 bits per heavy atom. The normalized spacial score (nSPS) is 14.0. The Kier molecular flexibility index (Phi) is 4.54. The summed E-state index contributed by atoms with van der Waals surface area (Å²) in [5.41, 5.74) is 4.20. The predicted molar refractivity (Wildman–Crippen MR) is 75.0 cm³/mol. The van der Waals surface area contributed by atoms with Gasteiger partial charge in [0.2, 0.25) is 5.91 Å². The van der Waals surface area contributed by atoms with Crippen molar-refractivity contribution in [3.8, 4) is 0 Å². The zero-order valence-corrected chi connectivity index (χ0v) is 12.6. The quantitative estimate of drug-likeness (QED) is 0.893. The molecule has 0 aliphatic heterocycles. The topological polar surface area (TPSA) is 55.1 Å². The van der Waals surface area contributed by atoms with Crippen molar-refractivity contribution < 1.29 is 13.6 Å². The molecule has 3 N–H and O–H groups in total. The van der Waals surface area contributed by atoms with E-state index in [2.05, 4.69) is 5.32 Å². The molecular formula is C15H22F2N2O. The highest BCUT2D eigenvalue weighted by Crippen LogP contribution is 2.30. The van der Waals surface area contributed by atoms with E-state index in [0.29, 0.717) is 0 Å². The third-order valence-electron chi connectivity index (χ3n) is 3.96. The minimum Gasteiger partial charge on any atom is -0.349 e. The maximum atomic E-state index is 13.7. The summed E-state index contributed by atoms with van der Waals surface area (Å²) in [5, 5.41) is 2.63. The fraction of sp³-hybridized carbons (Fsp3) is 0.533. The Bertz CT molecular complexity index is 487. The molecule has 0 aliphatic rings. The van der Waals surface area contributed by atoms with Crippen molar-refractivity contribution in [2.75, 3.05) is 0 Å². The van der Waals surface area contributed by atoms with Crippen molar-refractivity contribution in [2.45, 2.75) is 46.2 Å². The van der Waals surface area contributed by atoms with E-state index in [1.807, 2.05) is 0 Å². The van der Waals surface area contributed by atoms with E-state index in [-0.39, 0.29) is 11.5 Å². The average molecular weight is 284 g/mol. The van der Waals surface area contributed by atoms with Gasteiger partial charge in [0, 0.05) is 11.1 Å². The Morgan fingerprint density at radius 1 is 1.20 bits per heavy atom. The van der Waals surface area contributed by atoms with Crippen molar-refractivity contribution in [1.82, 2.24) is 5.32 Å². The summed E-state index contributed by atoms with van der Waals surface area (Å²) in [6, 6.07) is 2.85. The van der Waals surface area contributed by atoms with E-state index in [0.717, 1.165) is 0 Å². The Morgan fingerprint density at radius 2 is 1.65 bits per heavy atom. The van der Waals surface area contributed by atoms with Crippen molar-refractivity contribution in [1.29, 1.82) is 0 Å². The van der Waals surface area contributed by atoms with E-state index in [4.69, 9.17) is 5.73 Å². The molecule has 0 radical (unpaired) electrons. The number of halogens is 2. The minimum atomic E-state index is -0.872. The fourth-order valence-electron chi connectivity index (χ4n) is 1.67. The van der Waals surface area contributed by atoms with Gasteiger partial charge >= 0.3 is 0 Å². The summed E-state index contributed by atoms with van der Waals surface area (Å²) < 4.78 is 27.3. The second-order valence-corrected chi connectivity index (χ2v) is 6.18. The lowest BCUT2D eigenvalue weighted by Gasteiger charge is -2.37. The van der Waals surface area contributed by atoms with Gasteiger partial charge in [0.15, 0.2) is 0 Å². The number of hydrogen-bond donors (Lipinski definition) is 2. The van der Waals surface area contributed by atoms with Crippen LogP contribution in [0.5, 0.6) is 0 Å². The first kappa shape index (κ1) is 16.6. The molecule has 112 valence electrons. The number of hydrogen-bond acceptors (Lipinski definition) is 2. The molecule has 5 heteroatoms. The number of amides is 1. The molecule has 1 rings (SSSR count). The van der Waals surface area contributed by atoms with Gasteiger partial charge < -0.3 is 11.1 Å². The SMILES string of the molecule is CC(NC(=O)C(C)(C)C(C)(C)N)c1c(F)cccc1F. The molecule has 0 saturated carbocycles. The average Bonchev–Trinajstić information content (AvgIpc) is 2.26. The lowest BCUT2D eigenvalue weighted by atomic mass is 9.74. The molecule has 0 aliphatic carbocycles. The number of rotatable bonds is 4. The Balaban J connectivity index is 2.97. The monoisotopic (exact) mass is 284 g/mol. The van der Waals surface area contributed by atoms with Gasteiger partial charge in [0.25, 0.3) is 0 Å². The lowest BCUT2D eigenvalue weighted by molar-refractivity contribution is -0.133. The minimum absolute atomic E-state index is 0.147. The molecule has 0 heterocycles. The van der Waals surface area contributed by atoms with Gasteiger partial charge in [-0.25, -0.2) is 8.78 Å². The summed E-state index contributed by atoms with van der Waals surface area (Å²) in [6.45, 7) is 8.42. The van der Waals surface area contributed by atoms with Crippen molar-refractivity contribution in [3.63, 3.8) is 0 Å². The van der Waals surface area contributed by atoms with Crippen LogP contribution >= 0.6 is 0 Å². The molecule has 1 amide bonds. The summed E-state index contributed by atoms with van der Waals surface area (Å²) in [6.07, 6.45) is 0. The second kappa shape index (κ2) is 5.48. The highest BCUT2D eigenvalue weighted by atomic mass is 19.1. The number of benzene rings is 1. The fourth-order valence-corrected chi connectivity index (χ4v) is 1.67. The van der Waals surface area contributed by atoms with Crippen LogP contribution in [0.15, 0.2) is 18.2 Å². The lowest BCUT2D eigenvalue weighted by Crippen LogP contribution is -2.55. The van der Waals surface area contributed by atoms with Crippen LogP contribution in [0.2, 0.25) is 0 Å². The summed E-state index contributed by atoms with van der Waals surface area (Å²) >= 11 is 0. The summed E-state index contributed by atoms with van der Waals surface area (Å²) in [5.74, 6) is -1.70. The van der Waals surface area contributed by atoms with Crippen LogP contribution in [-0.2, 0) is 4.79 Å². The molecule has 0 bridgehead atoms. The molecule has 1 atom stereocenters. The smallest absolute Gasteiger partial charge is 0.227 e. The first-order valence-electron chi connectivity index (χ1n) is 6.52. The maximum absolute atomic E-state index is 13.7. The first-order valence-corrected chi connectivity index (χ1v) is 6.52. The standard InChI is InChI=1S/C15H22F2N2O/c1-9(12-10(16)7-6-8-11(12)17)19-13(20)14(2,3)15(4,5)18/h6-9H,18H2,1-5H3,(H,19,20). The van der Waals surface area contributed by atoms with Gasteiger partial charge in [-0.15, -0.1) is 0 Å². The van der Waals surface area contributed by atoms with Gasteiger partial charge in [0.05, 0.1) is 11.5 Å². The highest BCUT2D eigenvalue weighted by molar-refractivity contribution is 5.83. The zero-order chi connectivity index (χ0) is 15.7. The molecule has 0 spiro atoms. The summed E-state index contributed by atoms with van der Waals surface area (Å²) in [7, 11) is 0. The van der Waals surface area contributed by atoms with Crippen LogP contribution in [0.25, 0.3) is 0 Å². The van der Waals surface area contributed by atoms with Crippen LogP contribution in [0.4, 0.5) is 8.78 Å². The van der Waals surface area contributed by atoms with Crippen LogP contribution in [0.3, 0.4) is 0 Å². The molecule has 0 aromatic heterocycles. The number of nitrogens with two attached hydrogens (primary N) is 1. The highest BCUT2D eigenvalue weighted by Gasteiger charge is 2.41. The number of carbonyl (C=O) groups is 1.